The lowest BCUT2D eigenvalue weighted by Gasteiger charge is -2.48. The second-order valence-electron chi connectivity index (χ2n) is 14.4. The number of fused-ring (bicyclic) bond motifs is 3. The molecule has 0 unspecified atom stereocenters. The Balaban J connectivity index is 1.16. The first-order valence-electron chi connectivity index (χ1n) is 16.5. The van der Waals surface area contributed by atoms with E-state index in [4.69, 9.17) is 20.9 Å². The smallest absolute Gasteiger partial charge is 0.319 e. The molecule has 2 aromatic heterocycles. The Bertz CT molecular complexity index is 2070. The molecule has 12 heteroatoms. The van der Waals surface area contributed by atoms with E-state index in [0.29, 0.717) is 49.3 Å². The van der Waals surface area contributed by atoms with Crippen molar-refractivity contribution in [3.63, 3.8) is 0 Å². The zero-order valence-electron chi connectivity index (χ0n) is 26.2. The lowest BCUT2D eigenvalue weighted by atomic mass is 9.86. The summed E-state index contributed by atoms with van der Waals surface area (Å²) in [6, 6.07) is 5.33. The highest BCUT2D eigenvalue weighted by Gasteiger charge is 2.77. The van der Waals surface area contributed by atoms with Crippen molar-refractivity contribution in [1.29, 1.82) is 0 Å². The van der Waals surface area contributed by atoms with Crippen molar-refractivity contribution < 1.29 is 32.1 Å². The minimum Gasteiger partial charge on any atom is -0.508 e. The number of nitrogens with zero attached hydrogens (tertiary/aromatic N) is 5. The number of anilines is 1. The molecule has 248 valence electrons. The summed E-state index contributed by atoms with van der Waals surface area (Å²) in [5.74, 6) is -1.52. The number of halogens is 4. The molecule has 0 amide bonds. The van der Waals surface area contributed by atoms with Crippen molar-refractivity contribution in [3.8, 4) is 35.4 Å². The average Bonchev–Trinajstić information content (AvgIpc) is 3.27. The zero-order chi connectivity index (χ0) is 33.1. The van der Waals surface area contributed by atoms with E-state index in [0.717, 1.165) is 38.6 Å². The second-order valence-corrected chi connectivity index (χ2v) is 14.4. The highest BCUT2D eigenvalue weighted by atomic mass is 19.3. The van der Waals surface area contributed by atoms with Gasteiger partial charge in [0.15, 0.2) is 5.82 Å². The quantitative estimate of drug-likeness (QED) is 0.200. The Morgan fingerprint density at radius 1 is 1.04 bits per heavy atom. The number of terminal acetylenes is 1. The third-order valence-corrected chi connectivity index (χ3v) is 11.5. The number of phenolic OH excluding ortho intramolecular Hbond substituents is 1. The van der Waals surface area contributed by atoms with Gasteiger partial charge in [-0.15, -0.1) is 6.42 Å². The highest BCUT2D eigenvalue weighted by Crippen LogP contribution is 2.69. The minimum absolute atomic E-state index is 0.0661. The van der Waals surface area contributed by atoms with Crippen LogP contribution < -0.4 is 9.64 Å². The van der Waals surface area contributed by atoms with Crippen LogP contribution in [0.1, 0.15) is 50.5 Å². The molecular formula is C36H33F4N5O3. The van der Waals surface area contributed by atoms with Gasteiger partial charge in [0.2, 0.25) is 0 Å². The van der Waals surface area contributed by atoms with Crippen LogP contribution in [0.5, 0.6) is 11.8 Å². The summed E-state index contributed by atoms with van der Waals surface area (Å²) in [6.45, 7) is 3.05. The molecule has 1 saturated carbocycles. The normalized spacial score (nSPS) is 29.0. The first-order chi connectivity index (χ1) is 23.0. The van der Waals surface area contributed by atoms with E-state index in [2.05, 4.69) is 20.8 Å². The molecule has 5 aliphatic rings. The topological polar surface area (TPSA) is 83.8 Å². The van der Waals surface area contributed by atoms with Gasteiger partial charge in [0.05, 0.1) is 34.1 Å². The first-order valence-corrected chi connectivity index (χ1v) is 16.5. The van der Waals surface area contributed by atoms with Gasteiger partial charge in [0, 0.05) is 49.6 Å². The van der Waals surface area contributed by atoms with Gasteiger partial charge in [-0.25, -0.2) is 17.6 Å². The predicted molar refractivity (Wildman–Crippen MR) is 170 cm³/mol. The number of aromatic hydroxyl groups is 1. The highest BCUT2D eigenvalue weighted by molar-refractivity contribution is 6.03. The molecule has 2 spiro atoms. The van der Waals surface area contributed by atoms with Gasteiger partial charge in [-0.2, -0.15) is 9.97 Å². The Morgan fingerprint density at radius 2 is 1.85 bits per heavy atom. The SMILES string of the molecule is C#Cc1c(F)ccc2cc(O)cc(-c3ncc4c(N5CCC[C@]6(CCO6)C5)nc(OC[C@@]56CCCN5C[C@@]5(CC5(F)F)C6)nc4c3F)c12. The third kappa shape index (κ3) is 4.33. The molecule has 5 fully saturated rings. The summed E-state index contributed by atoms with van der Waals surface area (Å²) >= 11 is 0. The summed E-state index contributed by atoms with van der Waals surface area (Å²) in [5.41, 5.74) is -2.08. The fourth-order valence-corrected chi connectivity index (χ4v) is 8.91. The fraction of sp³-hybridized carbons (Fsp3) is 0.472. The largest absolute Gasteiger partial charge is 0.508 e. The Kier molecular flexibility index (Phi) is 6.32. The van der Waals surface area contributed by atoms with Gasteiger partial charge < -0.3 is 19.5 Å². The minimum atomic E-state index is -2.67. The van der Waals surface area contributed by atoms with Crippen molar-refractivity contribution in [2.75, 3.05) is 44.3 Å². The van der Waals surface area contributed by atoms with Crippen LogP contribution in [0.15, 0.2) is 30.5 Å². The lowest BCUT2D eigenvalue weighted by molar-refractivity contribution is -0.151. The van der Waals surface area contributed by atoms with E-state index < -0.39 is 28.5 Å². The molecule has 4 aromatic rings. The molecule has 48 heavy (non-hydrogen) atoms. The van der Waals surface area contributed by atoms with E-state index in [-0.39, 0.29) is 58.1 Å². The van der Waals surface area contributed by atoms with E-state index in [9.17, 15) is 18.3 Å². The Labute approximate surface area is 274 Å². The van der Waals surface area contributed by atoms with Crippen LogP contribution in [0.2, 0.25) is 0 Å². The first kappa shape index (κ1) is 29.9. The van der Waals surface area contributed by atoms with Gasteiger partial charge in [-0.3, -0.25) is 9.88 Å². The maximum Gasteiger partial charge on any atom is 0.319 e. The molecule has 8 nitrogen and oxygen atoms in total. The van der Waals surface area contributed by atoms with Crippen LogP contribution in [-0.4, -0.2) is 81.4 Å². The van der Waals surface area contributed by atoms with Crippen LogP contribution >= 0.6 is 0 Å². The van der Waals surface area contributed by atoms with Gasteiger partial charge in [-0.05, 0) is 62.2 Å². The summed E-state index contributed by atoms with van der Waals surface area (Å²) in [5, 5.41) is 11.6. The summed E-state index contributed by atoms with van der Waals surface area (Å²) in [7, 11) is 0. The monoisotopic (exact) mass is 659 g/mol. The van der Waals surface area contributed by atoms with Gasteiger partial charge >= 0.3 is 6.01 Å². The maximum atomic E-state index is 16.9. The number of phenols is 1. The number of hydrogen-bond acceptors (Lipinski definition) is 8. The molecule has 9 rings (SSSR count). The molecule has 2 aromatic carbocycles. The second kappa shape index (κ2) is 10.2. The molecule has 4 aliphatic heterocycles. The summed E-state index contributed by atoms with van der Waals surface area (Å²) in [4.78, 5) is 18.0. The van der Waals surface area contributed by atoms with Crippen LogP contribution in [0.3, 0.4) is 0 Å². The van der Waals surface area contributed by atoms with Crippen LogP contribution in [0, 0.1) is 29.4 Å². The van der Waals surface area contributed by atoms with E-state index in [1.54, 1.807) is 0 Å². The molecule has 1 aliphatic carbocycles. The Hall–Kier alpha value is -4.21. The number of rotatable bonds is 5. The van der Waals surface area contributed by atoms with E-state index in [1.165, 1.54) is 30.5 Å². The number of aromatic nitrogens is 3. The summed E-state index contributed by atoms with van der Waals surface area (Å²) < 4.78 is 73.0. The van der Waals surface area contributed by atoms with Crippen molar-refractivity contribution in [2.45, 2.75) is 62.0 Å². The molecule has 4 saturated heterocycles. The van der Waals surface area contributed by atoms with Crippen LogP contribution in [-0.2, 0) is 4.74 Å². The van der Waals surface area contributed by atoms with Gasteiger partial charge in [0.25, 0.3) is 5.92 Å². The number of hydrogen-bond donors (Lipinski definition) is 1. The zero-order valence-corrected chi connectivity index (χ0v) is 26.2. The third-order valence-electron chi connectivity index (χ3n) is 11.5. The van der Waals surface area contributed by atoms with Crippen LogP contribution in [0.4, 0.5) is 23.4 Å². The number of alkyl halides is 2. The van der Waals surface area contributed by atoms with Crippen molar-refractivity contribution in [1.82, 2.24) is 19.9 Å². The summed E-state index contributed by atoms with van der Waals surface area (Å²) in [6.07, 6.45) is 11.7. The molecule has 3 atom stereocenters. The predicted octanol–water partition coefficient (Wildman–Crippen LogP) is 6.21. The van der Waals surface area contributed by atoms with Crippen molar-refractivity contribution >= 4 is 27.5 Å². The van der Waals surface area contributed by atoms with E-state index >= 15 is 4.39 Å². The molecule has 0 radical (unpaired) electrons. The number of benzene rings is 2. The standard InChI is InChI=1S/C36H33F4N5O3/c1-2-23-26(37)6-5-21-13-22(46)14-24(27(21)23)29-28(38)30-25(15-41-29)31(44-10-4-8-35(19-44)9-12-48-35)43-32(42-30)47-20-34-7-3-11-45(34)18-33(16-34)17-36(33,39)40/h1,5-6,13-15,46H,3-4,7-12,16-20H2/t33-,34-,35-/m0/s1. The molecular weight excluding hydrogens is 626 g/mol. The van der Waals surface area contributed by atoms with E-state index in [1.807, 2.05) is 4.90 Å². The molecule has 1 N–H and O–H groups in total. The van der Waals surface area contributed by atoms with Gasteiger partial charge in [-0.1, -0.05) is 12.0 Å². The van der Waals surface area contributed by atoms with Crippen molar-refractivity contribution in [3.05, 3.63) is 47.7 Å². The van der Waals surface area contributed by atoms with Crippen LogP contribution in [0.25, 0.3) is 32.9 Å². The number of piperidine rings is 1. The Morgan fingerprint density at radius 3 is 2.60 bits per heavy atom. The fourth-order valence-electron chi connectivity index (χ4n) is 8.91. The number of ether oxygens (including phenoxy) is 2. The lowest BCUT2D eigenvalue weighted by Crippen LogP contribution is -2.56. The molecule has 6 heterocycles. The van der Waals surface area contributed by atoms with Crippen molar-refractivity contribution in [2.24, 2.45) is 5.41 Å². The average molecular weight is 660 g/mol. The number of pyridine rings is 1. The maximum absolute atomic E-state index is 16.9. The van der Waals surface area contributed by atoms with Gasteiger partial charge in [0.1, 0.15) is 35.2 Å². The molecule has 0 bridgehead atoms.